The number of hydrogen-bond acceptors (Lipinski definition) is 1. The molecule has 0 amide bonds. The summed E-state index contributed by atoms with van der Waals surface area (Å²) >= 11 is 0. The molecule has 2 rings (SSSR count). The molecule has 0 saturated carbocycles. The average Bonchev–Trinajstić information content (AvgIpc) is 2.62. The number of rotatable bonds is 2. The van der Waals surface area contributed by atoms with Crippen molar-refractivity contribution in [2.24, 2.45) is 5.41 Å². The van der Waals surface area contributed by atoms with E-state index in [0.717, 1.165) is 5.39 Å². The van der Waals surface area contributed by atoms with Gasteiger partial charge in [0.05, 0.1) is 11.7 Å². The zero-order valence-electron chi connectivity index (χ0n) is 9.64. The molecule has 2 aromatic rings. The van der Waals surface area contributed by atoms with Crippen molar-refractivity contribution in [3.63, 3.8) is 0 Å². The van der Waals surface area contributed by atoms with Gasteiger partial charge in [0, 0.05) is 5.39 Å². The minimum atomic E-state index is -4.20. The van der Waals surface area contributed by atoms with Crippen molar-refractivity contribution in [2.45, 2.75) is 26.4 Å². The van der Waals surface area contributed by atoms with Gasteiger partial charge in [0.2, 0.25) is 0 Å². The number of alkyl halides is 3. The second-order valence-electron chi connectivity index (χ2n) is 4.85. The van der Waals surface area contributed by atoms with E-state index in [-0.39, 0.29) is 6.42 Å². The molecular weight excluding hydrogens is 229 g/mol. The number of furan rings is 1. The summed E-state index contributed by atoms with van der Waals surface area (Å²) in [6.07, 6.45) is -2.70. The Hall–Kier alpha value is -1.45. The fraction of sp³-hybridized carbons (Fsp3) is 0.385. The predicted octanol–water partition coefficient (Wildman–Crippen LogP) is 4.56. The van der Waals surface area contributed by atoms with E-state index in [1.54, 1.807) is 24.3 Å². The van der Waals surface area contributed by atoms with Crippen molar-refractivity contribution in [2.75, 3.05) is 0 Å². The Balaban J connectivity index is 2.29. The Labute approximate surface area is 97.2 Å². The lowest BCUT2D eigenvalue weighted by atomic mass is 9.85. The Morgan fingerprint density at radius 1 is 1.12 bits per heavy atom. The van der Waals surface area contributed by atoms with Crippen LogP contribution in [0.3, 0.4) is 0 Å². The molecule has 4 heteroatoms. The van der Waals surface area contributed by atoms with Crippen LogP contribution < -0.4 is 0 Å². The highest BCUT2D eigenvalue weighted by Crippen LogP contribution is 2.40. The number of benzene rings is 1. The summed E-state index contributed by atoms with van der Waals surface area (Å²) in [5.74, 6) is 0. The molecule has 0 aliphatic heterocycles. The normalized spacial score (nSPS) is 13.2. The first kappa shape index (κ1) is 12.0. The highest BCUT2D eigenvalue weighted by atomic mass is 19.4. The van der Waals surface area contributed by atoms with Gasteiger partial charge in [0.15, 0.2) is 0 Å². The van der Waals surface area contributed by atoms with E-state index in [0.29, 0.717) is 11.1 Å². The molecule has 0 unspecified atom stereocenters. The largest absolute Gasteiger partial charge is 0.464 e. The molecule has 0 saturated heterocycles. The number of hydrogen-bond donors (Lipinski definition) is 0. The van der Waals surface area contributed by atoms with Crippen molar-refractivity contribution in [1.29, 1.82) is 0 Å². The van der Waals surface area contributed by atoms with Crippen molar-refractivity contribution in [1.82, 2.24) is 0 Å². The van der Waals surface area contributed by atoms with Crippen LogP contribution in [0, 0.1) is 5.41 Å². The van der Waals surface area contributed by atoms with Crippen LogP contribution in [0.15, 0.2) is 34.9 Å². The quantitative estimate of drug-likeness (QED) is 0.752. The molecule has 0 aliphatic rings. The van der Waals surface area contributed by atoms with Crippen LogP contribution in [0.1, 0.15) is 19.4 Å². The van der Waals surface area contributed by atoms with Crippen LogP contribution in [-0.4, -0.2) is 6.18 Å². The second kappa shape index (κ2) is 3.79. The zero-order chi connectivity index (χ0) is 12.7. The fourth-order valence-electron chi connectivity index (χ4n) is 1.74. The van der Waals surface area contributed by atoms with Crippen molar-refractivity contribution >= 4 is 11.0 Å². The van der Waals surface area contributed by atoms with Crippen molar-refractivity contribution in [3.8, 4) is 0 Å². The summed E-state index contributed by atoms with van der Waals surface area (Å²) in [5.41, 5.74) is -0.357. The van der Waals surface area contributed by atoms with Gasteiger partial charge in [0.1, 0.15) is 5.58 Å². The van der Waals surface area contributed by atoms with Gasteiger partial charge in [0.25, 0.3) is 0 Å². The highest BCUT2D eigenvalue weighted by molar-refractivity contribution is 5.77. The third-order valence-corrected chi connectivity index (χ3v) is 2.93. The summed E-state index contributed by atoms with van der Waals surface area (Å²) in [6, 6.07) is 6.88. The van der Waals surface area contributed by atoms with Gasteiger partial charge in [-0.3, -0.25) is 0 Å². The molecule has 1 aromatic heterocycles. The first-order valence-electron chi connectivity index (χ1n) is 5.32. The minimum absolute atomic E-state index is 0.0301. The molecule has 92 valence electrons. The summed E-state index contributed by atoms with van der Waals surface area (Å²) in [7, 11) is 0. The molecule has 1 heterocycles. The lowest BCUT2D eigenvalue weighted by Crippen LogP contribution is -2.34. The van der Waals surface area contributed by atoms with Gasteiger partial charge in [-0.1, -0.05) is 19.9 Å². The van der Waals surface area contributed by atoms with Crippen LogP contribution in [0.2, 0.25) is 0 Å². The van der Waals surface area contributed by atoms with E-state index < -0.39 is 11.6 Å². The van der Waals surface area contributed by atoms with Gasteiger partial charge in [-0.25, -0.2) is 0 Å². The third-order valence-electron chi connectivity index (χ3n) is 2.93. The SMILES string of the molecule is CC(C)(Cc1ccc2occc2c1)C(F)(F)F. The van der Waals surface area contributed by atoms with Crippen LogP contribution in [0.25, 0.3) is 11.0 Å². The lowest BCUT2D eigenvalue weighted by molar-refractivity contribution is -0.211. The van der Waals surface area contributed by atoms with Crippen LogP contribution in [-0.2, 0) is 6.42 Å². The van der Waals surface area contributed by atoms with E-state index >= 15 is 0 Å². The summed E-state index contributed by atoms with van der Waals surface area (Å²) in [6.45, 7) is 2.43. The van der Waals surface area contributed by atoms with Gasteiger partial charge in [-0.2, -0.15) is 13.2 Å². The third kappa shape index (κ3) is 2.30. The Morgan fingerprint density at radius 3 is 2.47 bits per heavy atom. The molecule has 0 aliphatic carbocycles. The topological polar surface area (TPSA) is 13.1 Å². The molecular formula is C13H13F3O. The van der Waals surface area contributed by atoms with Gasteiger partial charge in [-0.15, -0.1) is 0 Å². The second-order valence-corrected chi connectivity index (χ2v) is 4.85. The zero-order valence-corrected chi connectivity index (χ0v) is 9.64. The van der Waals surface area contributed by atoms with Crippen molar-refractivity contribution in [3.05, 3.63) is 36.1 Å². The number of fused-ring (bicyclic) bond motifs is 1. The Morgan fingerprint density at radius 2 is 1.82 bits per heavy atom. The molecule has 0 fully saturated rings. The van der Waals surface area contributed by atoms with Crippen molar-refractivity contribution < 1.29 is 17.6 Å². The minimum Gasteiger partial charge on any atom is -0.464 e. The monoisotopic (exact) mass is 242 g/mol. The van der Waals surface area contributed by atoms with Crippen LogP contribution in [0.5, 0.6) is 0 Å². The smallest absolute Gasteiger partial charge is 0.394 e. The van der Waals surface area contributed by atoms with Gasteiger partial charge < -0.3 is 4.42 Å². The van der Waals surface area contributed by atoms with E-state index in [1.165, 1.54) is 20.1 Å². The maximum atomic E-state index is 12.8. The van der Waals surface area contributed by atoms with Crippen LogP contribution >= 0.6 is 0 Å². The van der Waals surface area contributed by atoms with Gasteiger partial charge >= 0.3 is 6.18 Å². The number of halogens is 3. The lowest BCUT2D eigenvalue weighted by Gasteiger charge is -2.27. The first-order valence-corrected chi connectivity index (χ1v) is 5.32. The maximum absolute atomic E-state index is 12.8. The Kier molecular flexibility index (Phi) is 2.68. The molecule has 1 aromatic carbocycles. The molecule has 0 bridgehead atoms. The molecule has 0 N–H and O–H groups in total. The summed E-state index contributed by atoms with van der Waals surface area (Å²) < 4.78 is 43.4. The molecule has 0 radical (unpaired) electrons. The molecule has 0 spiro atoms. The Bertz CT molecular complexity index is 523. The van der Waals surface area contributed by atoms with E-state index in [2.05, 4.69) is 0 Å². The average molecular weight is 242 g/mol. The predicted molar refractivity (Wildman–Crippen MR) is 59.8 cm³/mol. The summed E-state index contributed by atoms with van der Waals surface area (Å²) in [4.78, 5) is 0. The van der Waals surface area contributed by atoms with Crippen LogP contribution in [0.4, 0.5) is 13.2 Å². The van der Waals surface area contributed by atoms with E-state index in [4.69, 9.17) is 4.42 Å². The maximum Gasteiger partial charge on any atom is 0.394 e. The fourth-order valence-corrected chi connectivity index (χ4v) is 1.74. The summed E-state index contributed by atoms with van der Waals surface area (Å²) in [5, 5.41) is 0.834. The van der Waals surface area contributed by atoms with Gasteiger partial charge in [-0.05, 0) is 30.2 Å². The standard InChI is InChI=1S/C13H13F3O/c1-12(2,13(14,15)16)8-9-3-4-11-10(7-9)5-6-17-11/h3-7H,8H2,1-2H3. The molecule has 17 heavy (non-hydrogen) atoms. The van der Waals surface area contributed by atoms with E-state index in [1.807, 2.05) is 0 Å². The first-order chi connectivity index (χ1) is 7.79. The molecule has 0 atom stereocenters. The molecule has 1 nitrogen and oxygen atoms in total. The van der Waals surface area contributed by atoms with E-state index in [9.17, 15) is 13.2 Å². The highest BCUT2D eigenvalue weighted by Gasteiger charge is 2.46.